The van der Waals surface area contributed by atoms with Gasteiger partial charge in [-0.2, -0.15) is 0 Å². The van der Waals surface area contributed by atoms with Crippen LogP contribution in [0.5, 0.6) is 51.7 Å². The molecule has 21 nitrogen and oxygen atoms in total. The maximum atomic E-state index is 13.5. The molecule has 14 N–H and O–H groups in total. The van der Waals surface area contributed by atoms with Crippen LogP contribution in [0.2, 0.25) is 0 Å². The number of phenolic OH excluding ortho intramolecular Hbond substituents is 6. The largest absolute Gasteiger partial charge is 0.508 e. The van der Waals surface area contributed by atoms with E-state index in [-0.39, 0.29) is 23.3 Å². The number of hydrogen-bond donors (Lipinski definition) is 14. The lowest BCUT2D eigenvalue weighted by Gasteiger charge is -2.39. The fraction of sp³-hybridized carbons (Fsp3) is 0.441. The van der Waals surface area contributed by atoms with Crippen LogP contribution in [-0.4, -0.2) is 158 Å². The second-order valence-corrected chi connectivity index (χ2v) is 13.0. The number of carbonyl (C=O) groups is 1. The summed E-state index contributed by atoms with van der Waals surface area (Å²) >= 11 is 0. The van der Waals surface area contributed by atoms with E-state index in [2.05, 4.69) is 0 Å². The van der Waals surface area contributed by atoms with E-state index in [0.29, 0.717) is 0 Å². The molecule has 0 amide bonds. The first kappa shape index (κ1) is 39.6. The minimum atomic E-state index is -1.90. The van der Waals surface area contributed by atoms with Crippen molar-refractivity contribution >= 4 is 5.97 Å². The normalized spacial score (nSPS) is 31.9. The summed E-state index contributed by atoms with van der Waals surface area (Å²) in [6, 6.07) is 5.73. The molecule has 0 radical (unpaired) electrons. The number of ether oxygens (including phenoxy) is 6. The van der Waals surface area contributed by atoms with Gasteiger partial charge in [0.05, 0.1) is 18.8 Å². The molecule has 6 rings (SSSR count). The maximum Gasteiger partial charge on any atom is 0.338 e. The summed E-state index contributed by atoms with van der Waals surface area (Å²) in [6.07, 6.45) is -20.4. The van der Waals surface area contributed by atoms with Gasteiger partial charge in [-0.3, -0.25) is 0 Å². The number of aliphatic hydroxyl groups excluding tert-OH is 8. The van der Waals surface area contributed by atoms with Crippen LogP contribution < -0.4 is 14.2 Å². The van der Waals surface area contributed by atoms with Crippen LogP contribution in [0.15, 0.2) is 36.4 Å². The lowest BCUT2D eigenvalue weighted by atomic mass is 9.93. The van der Waals surface area contributed by atoms with Crippen molar-refractivity contribution in [2.45, 2.75) is 80.0 Å². The van der Waals surface area contributed by atoms with Gasteiger partial charge in [-0.1, -0.05) is 0 Å². The molecule has 3 aromatic rings. The molecule has 0 unspecified atom stereocenters. The van der Waals surface area contributed by atoms with Crippen LogP contribution in [0, 0.1) is 0 Å². The van der Waals surface area contributed by atoms with Gasteiger partial charge in [0.15, 0.2) is 29.1 Å². The smallest absolute Gasteiger partial charge is 0.338 e. The zero-order valence-corrected chi connectivity index (χ0v) is 28.1. The molecule has 2 fully saturated rings. The second kappa shape index (κ2) is 15.6. The monoisotopic (exact) mass is 782 g/mol. The van der Waals surface area contributed by atoms with Gasteiger partial charge in [-0.05, 0) is 24.3 Å². The van der Waals surface area contributed by atoms with Crippen LogP contribution in [-0.2, 0) is 20.6 Å². The van der Waals surface area contributed by atoms with E-state index in [9.17, 15) is 76.3 Å². The zero-order chi connectivity index (χ0) is 40.0. The Bertz CT molecular complexity index is 1840. The molecule has 3 aliphatic rings. The average molecular weight is 783 g/mol. The van der Waals surface area contributed by atoms with Crippen molar-refractivity contribution in [3.63, 3.8) is 0 Å². The third-order valence-corrected chi connectivity index (χ3v) is 9.28. The van der Waals surface area contributed by atoms with E-state index in [1.54, 1.807) is 0 Å². The van der Waals surface area contributed by atoms with Crippen molar-refractivity contribution in [2.24, 2.45) is 0 Å². The first-order valence-corrected chi connectivity index (χ1v) is 16.5. The van der Waals surface area contributed by atoms with E-state index >= 15 is 0 Å². The highest BCUT2D eigenvalue weighted by atomic mass is 16.7. The molecule has 0 spiro atoms. The predicted octanol–water partition coefficient (Wildman–Crippen LogP) is -2.82. The summed E-state index contributed by atoms with van der Waals surface area (Å²) in [5, 5.41) is 144. The highest BCUT2D eigenvalue weighted by Crippen LogP contribution is 2.47. The summed E-state index contributed by atoms with van der Waals surface area (Å²) in [4.78, 5) is 13.5. The Hall–Kier alpha value is -5.07. The zero-order valence-electron chi connectivity index (χ0n) is 28.1. The summed E-state index contributed by atoms with van der Waals surface area (Å²) in [5.41, 5.74) is -0.502. The fourth-order valence-electron chi connectivity index (χ4n) is 6.34. The van der Waals surface area contributed by atoms with E-state index in [1.807, 2.05) is 0 Å². The van der Waals surface area contributed by atoms with Crippen molar-refractivity contribution in [2.75, 3.05) is 13.2 Å². The average Bonchev–Trinajstić information content (AvgIpc) is 3.14. The molecule has 3 aliphatic heterocycles. The molecule has 0 aromatic heterocycles. The summed E-state index contributed by atoms with van der Waals surface area (Å²) in [7, 11) is 0. The van der Waals surface area contributed by atoms with E-state index in [4.69, 9.17) is 28.4 Å². The number of benzene rings is 3. The quantitative estimate of drug-likeness (QED) is 0.0973. The van der Waals surface area contributed by atoms with E-state index in [1.165, 1.54) is 0 Å². The molecule has 3 heterocycles. The Balaban J connectivity index is 1.26. The highest BCUT2D eigenvalue weighted by Gasteiger charge is 2.47. The number of phenols is 6. The molecule has 0 bridgehead atoms. The van der Waals surface area contributed by atoms with Gasteiger partial charge in [-0.25, -0.2) is 4.79 Å². The number of carbonyl (C=O) groups excluding carboxylic acids is 1. The van der Waals surface area contributed by atoms with Crippen LogP contribution in [0.25, 0.3) is 0 Å². The van der Waals surface area contributed by atoms with Crippen molar-refractivity contribution in [1.29, 1.82) is 0 Å². The number of hydrogen-bond acceptors (Lipinski definition) is 21. The van der Waals surface area contributed by atoms with E-state index < -0.39 is 144 Å². The van der Waals surface area contributed by atoms with Gasteiger partial charge in [0.25, 0.3) is 0 Å². The number of fused-ring (bicyclic) bond motifs is 1. The minimum Gasteiger partial charge on any atom is -0.508 e. The fourth-order valence-corrected chi connectivity index (χ4v) is 6.34. The SMILES string of the molecule is O=C(O[C@H]1Cc2c(O)cc(O)cc2O[C@@H]1c1cc(O)c(O[C@@H]2O[C@H](CO)[C@@H](O)[C@H](O)[C@H]2O)c(O)c1)c1cc(O)c(O[C@@H]2O[C@H](CO)[C@@H](O)[C@H](O)[C@H]2O)c(O)c1. The Labute approximate surface area is 308 Å². The molecule has 3 aromatic carbocycles. The van der Waals surface area contributed by atoms with Gasteiger partial charge >= 0.3 is 5.97 Å². The minimum absolute atomic E-state index is 0.0665. The van der Waals surface area contributed by atoms with Crippen LogP contribution in [0.3, 0.4) is 0 Å². The third-order valence-electron chi connectivity index (χ3n) is 9.28. The van der Waals surface area contributed by atoms with Crippen molar-refractivity contribution in [3.8, 4) is 51.7 Å². The Morgan fingerprint density at radius 3 is 1.56 bits per heavy atom. The van der Waals surface area contributed by atoms with Crippen molar-refractivity contribution in [1.82, 2.24) is 0 Å². The van der Waals surface area contributed by atoms with Crippen molar-refractivity contribution in [3.05, 3.63) is 53.1 Å². The maximum absolute atomic E-state index is 13.5. The number of aromatic hydroxyl groups is 6. The van der Waals surface area contributed by atoms with Gasteiger partial charge < -0.3 is 99.9 Å². The van der Waals surface area contributed by atoms with Gasteiger partial charge in [0, 0.05) is 29.7 Å². The first-order chi connectivity index (χ1) is 26.0. The number of rotatable bonds is 9. The first-order valence-electron chi connectivity index (χ1n) is 16.5. The molecule has 2 saturated heterocycles. The standard InChI is InChI=1S/C34H38O21/c35-8-21-23(43)25(45)27(47)33(52-21)54-30-15(39)1-10(2-16(30)40)29-20(7-13-14(38)5-12(37)6-19(13)50-29)51-32(49)11-3-17(41)31(18(42)4-11)55-34-28(48)26(46)24(44)22(9-36)53-34/h1-6,20-29,33-48H,7-9H2/t20-,21+,22+,23+,24+,25-,26-,27+,28+,29+,33-,34-/m0/s1. The molecule has 0 aliphatic carbocycles. The van der Waals surface area contributed by atoms with E-state index in [0.717, 1.165) is 36.4 Å². The van der Waals surface area contributed by atoms with Gasteiger partial charge in [-0.15, -0.1) is 0 Å². The topological polar surface area (TPSA) is 356 Å². The van der Waals surface area contributed by atoms with Crippen LogP contribution >= 0.6 is 0 Å². The molecular weight excluding hydrogens is 744 g/mol. The molecule has 21 heteroatoms. The second-order valence-electron chi connectivity index (χ2n) is 13.0. The highest BCUT2D eigenvalue weighted by molar-refractivity contribution is 5.91. The Morgan fingerprint density at radius 2 is 1.09 bits per heavy atom. The summed E-state index contributed by atoms with van der Waals surface area (Å²) in [6.45, 7) is -1.57. The molecule has 0 saturated carbocycles. The molecule has 12 atom stereocenters. The summed E-state index contributed by atoms with van der Waals surface area (Å²) in [5.74, 6) is -6.91. The molecule has 300 valence electrons. The number of esters is 1. The Kier molecular flexibility index (Phi) is 11.2. The van der Waals surface area contributed by atoms with Crippen LogP contribution in [0.4, 0.5) is 0 Å². The summed E-state index contributed by atoms with van der Waals surface area (Å²) < 4.78 is 32.9. The van der Waals surface area contributed by atoms with Crippen molar-refractivity contribution < 1.29 is 105 Å². The third kappa shape index (κ3) is 7.62. The number of aliphatic hydroxyl groups is 8. The molecular formula is C34H38O21. The Morgan fingerprint density at radius 1 is 0.618 bits per heavy atom. The lowest BCUT2D eigenvalue weighted by Crippen LogP contribution is -2.60. The van der Waals surface area contributed by atoms with Crippen LogP contribution in [0.1, 0.15) is 27.6 Å². The lowest BCUT2D eigenvalue weighted by molar-refractivity contribution is -0.277. The predicted molar refractivity (Wildman–Crippen MR) is 174 cm³/mol. The molecule has 55 heavy (non-hydrogen) atoms. The van der Waals surface area contributed by atoms with Gasteiger partial charge in [0.2, 0.25) is 24.1 Å². The van der Waals surface area contributed by atoms with Gasteiger partial charge in [0.1, 0.15) is 72.2 Å².